The smallest absolute Gasteiger partial charge is 0.330 e. The minimum absolute atomic E-state index is 0.189. The summed E-state index contributed by atoms with van der Waals surface area (Å²) in [6.07, 6.45) is 9.93. The number of hydrogen-bond acceptors (Lipinski definition) is 8. The van der Waals surface area contributed by atoms with Crippen molar-refractivity contribution in [2.75, 3.05) is 52.9 Å². The van der Waals surface area contributed by atoms with E-state index >= 15 is 0 Å². The van der Waals surface area contributed by atoms with Gasteiger partial charge in [0, 0.05) is 0 Å². The highest BCUT2D eigenvalue weighted by Crippen LogP contribution is 2.25. The van der Waals surface area contributed by atoms with Crippen molar-refractivity contribution >= 4 is 10.3 Å². The van der Waals surface area contributed by atoms with Gasteiger partial charge in [0.05, 0.1) is 77.3 Å². The molecule has 4 atom stereocenters. The Morgan fingerprint density at radius 3 is 1.00 bits per heavy atom. The quantitative estimate of drug-likeness (QED) is 0.505. The van der Waals surface area contributed by atoms with E-state index in [-0.39, 0.29) is 24.4 Å². The van der Waals surface area contributed by atoms with Gasteiger partial charge in [0.2, 0.25) is 0 Å². The summed E-state index contributed by atoms with van der Waals surface area (Å²) in [5.74, 6) is 0. The molecular formula is C20H39NO9S. The summed E-state index contributed by atoms with van der Waals surface area (Å²) in [5.41, 5.74) is 0. The maximum absolute atomic E-state index is 8.97. The van der Waals surface area contributed by atoms with Gasteiger partial charge in [-0.15, -0.1) is 0 Å². The highest BCUT2D eigenvalue weighted by Gasteiger charge is 2.27. The van der Waals surface area contributed by atoms with Crippen molar-refractivity contribution in [2.24, 2.45) is 5.14 Å². The maximum Gasteiger partial charge on any atom is 0.330 e. The molecule has 3 aliphatic rings. The summed E-state index contributed by atoms with van der Waals surface area (Å²) in [5, 5.41) is 3.88. The second-order valence-corrected chi connectivity index (χ2v) is 8.98. The first-order chi connectivity index (χ1) is 14.9. The third-order valence-electron chi connectivity index (χ3n) is 5.52. The first kappa shape index (κ1) is 26.9. The van der Waals surface area contributed by atoms with E-state index in [1.54, 1.807) is 0 Å². The molecule has 1 saturated heterocycles. The number of fused-ring (bicyclic) bond motifs is 2. The zero-order valence-corrected chi connectivity index (χ0v) is 19.1. The Kier molecular flexibility index (Phi) is 13.4. The van der Waals surface area contributed by atoms with Crippen molar-refractivity contribution in [3.63, 3.8) is 0 Å². The Morgan fingerprint density at radius 1 is 0.548 bits per heavy atom. The molecule has 2 saturated carbocycles. The number of hydrogen-bond donors (Lipinski definition) is 2. The van der Waals surface area contributed by atoms with E-state index < -0.39 is 10.3 Å². The van der Waals surface area contributed by atoms with Gasteiger partial charge in [0.25, 0.3) is 0 Å². The molecule has 0 aromatic rings. The second kappa shape index (κ2) is 15.5. The Balaban J connectivity index is 0.000000614. The molecule has 4 unspecified atom stereocenters. The van der Waals surface area contributed by atoms with E-state index in [9.17, 15) is 0 Å². The SMILES string of the molecule is C1CCC2OCCOCCOC3CCCCC3OCCOCCOC2C1.NS(=O)(=O)O. The van der Waals surface area contributed by atoms with Crippen molar-refractivity contribution in [3.05, 3.63) is 0 Å². The van der Waals surface area contributed by atoms with Crippen LogP contribution in [0, 0.1) is 0 Å². The van der Waals surface area contributed by atoms with Crippen LogP contribution in [-0.2, 0) is 38.7 Å². The molecule has 0 aromatic carbocycles. The molecule has 1 aliphatic heterocycles. The summed E-state index contributed by atoms with van der Waals surface area (Å²) < 4.78 is 60.7. The van der Waals surface area contributed by atoms with Gasteiger partial charge in [-0.3, -0.25) is 4.55 Å². The predicted octanol–water partition coefficient (Wildman–Crippen LogP) is 1.47. The summed E-state index contributed by atoms with van der Waals surface area (Å²) in [7, 11) is -4.17. The highest BCUT2D eigenvalue weighted by atomic mass is 32.2. The standard InChI is InChI=1S/C20H36O6.H3NO3S/c1-2-6-18-17(5-1)23-13-9-21-11-15-25-19-7-3-4-8-20(19)26-16-12-22-10-14-24-18;1-5(2,3)4/h17-20H,1-16H2;(H3,1,2,3,4). The summed E-state index contributed by atoms with van der Waals surface area (Å²) >= 11 is 0. The molecule has 11 heteroatoms. The zero-order valence-electron chi connectivity index (χ0n) is 18.3. The Bertz CT molecular complexity index is 489. The molecule has 3 N–H and O–H groups in total. The van der Waals surface area contributed by atoms with E-state index in [0.717, 1.165) is 25.7 Å². The fourth-order valence-electron chi connectivity index (χ4n) is 4.13. The minimum Gasteiger partial charge on any atom is -0.377 e. The predicted molar refractivity (Wildman–Crippen MR) is 113 cm³/mol. The van der Waals surface area contributed by atoms with Crippen LogP contribution in [0.2, 0.25) is 0 Å². The Morgan fingerprint density at radius 2 is 0.774 bits per heavy atom. The van der Waals surface area contributed by atoms with Gasteiger partial charge < -0.3 is 28.4 Å². The van der Waals surface area contributed by atoms with Crippen molar-refractivity contribution in [3.8, 4) is 0 Å². The molecule has 10 nitrogen and oxygen atoms in total. The summed E-state index contributed by atoms with van der Waals surface area (Å²) in [4.78, 5) is 0. The maximum atomic E-state index is 8.97. The van der Waals surface area contributed by atoms with E-state index in [1.165, 1.54) is 25.7 Å². The number of rotatable bonds is 0. The lowest BCUT2D eigenvalue weighted by atomic mass is 9.94. The zero-order chi connectivity index (χ0) is 22.4. The second-order valence-electron chi connectivity index (χ2n) is 7.95. The molecule has 0 radical (unpaired) electrons. The van der Waals surface area contributed by atoms with E-state index in [0.29, 0.717) is 52.9 Å². The third-order valence-corrected chi connectivity index (χ3v) is 5.52. The average Bonchev–Trinajstić information content (AvgIpc) is 2.72. The molecular weight excluding hydrogens is 430 g/mol. The summed E-state index contributed by atoms with van der Waals surface area (Å²) in [6, 6.07) is 0. The van der Waals surface area contributed by atoms with Gasteiger partial charge in [-0.2, -0.15) is 8.42 Å². The van der Waals surface area contributed by atoms with Crippen molar-refractivity contribution in [1.29, 1.82) is 0 Å². The highest BCUT2D eigenvalue weighted by molar-refractivity contribution is 7.83. The topological polar surface area (TPSA) is 136 Å². The van der Waals surface area contributed by atoms with Gasteiger partial charge in [-0.05, 0) is 25.7 Å². The first-order valence-electron chi connectivity index (χ1n) is 11.3. The third kappa shape index (κ3) is 13.1. The van der Waals surface area contributed by atoms with Gasteiger partial charge in [0.1, 0.15) is 0 Å². The van der Waals surface area contributed by atoms with Crippen LogP contribution in [0.3, 0.4) is 0 Å². The van der Waals surface area contributed by atoms with Crippen LogP contribution in [-0.4, -0.2) is 90.2 Å². The molecule has 0 spiro atoms. The van der Waals surface area contributed by atoms with Crippen LogP contribution in [0.1, 0.15) is 51.4 Å². The van der Waals surface area contributed by atoms with Crippen molar-refractivity contribution < 1.29 is 41.4 Å². The number of ether oxygens (including phenoxy) is 6. The van der Waals surface area contributed by atoms with Crippen molar-refractivity contribution in [2.45, 2.75) is 75.8 Å². The fourth-order valence-corrected chi connectivity index (χ4v) is 4.13. The van der Waals surface area contributed by atoms with Crippen LogP contribution >= 0.6 is 0 Å². The van der Waals surface area contributed by atoms with Gasteiger partial charge >= 0.3 is 10.3 Å². The summed E-state index contributed by atoms with van der Waals surface area (Å²) in [6.45, 7) is 4.93. The molecule has 3 rings (SSSR count). The normalized spacial score (nSPS) is 32.8. The molecule has 0 amide bonds. The van der Waals surface area contributed by atoms with E-state index in [1.807, 2.05) is 0 Å². The van der Waals surface area contributed by atoms with Gasteiger partial charge in [-0.25, -0.2) is 5.14 Å². The fraction of sp³-hybridized carbons (Fsp3) is 1.00. The van der Waals surface area contributed by atoms with Crippen LogP contribution < -0.4 is 5.14 Å². The lowest BCUT2D eigenvalue weighted by molar-refractivity contribution is -0.129. The Labute approximate surface area is 185 Å². The van der Waals surface area contributed by atoms with Crippen LogP contribution in [0.25, 0.3) is 0 Å². The molecule has 0 bridgehead atoms. The van der Waals surface area contributed by atoms with Crippen LogP contribution in [0.5, 0.6) is 0 Å². The molecule has 184 valence electrons. The monoisotopic (exact) mass is 469 g/mol. The van der Waals surface area contributed by atoms with Crippen LogP contribution in [0.15, 0.2) is 0 Å². The Hall–Kier alpha value is -0.370. The average molecular weight is 470 g/mol. The largest absolute Gasteiger partial charge is 0.377 e. The molecule has 31 heavy (non-hydrogen) atoms. The molecule has 1 heterocycles. The van der Waals surface area contributed by atoms with E-state index in [4.69, 9.17) is 41.4 Å². The van der Waals surface area contributed by atoms with Crippen LogP contribution in [0.4, 0.5) is 0 Å². The van der Waals surface area contributed by atoms with Crippen molar-refractivity contribution in [1.82, 2.24) is 0 Å². The molecule has 2 aliphatic carbocycles. The number of nitrogens with two attached hydrogens (primary N) is 1. The molecule has 3 fully saturated rings. The molecule has 0 aromatic heterocycles. The van der Waals surface area contributed by atoms with E-state index in [2.05, 4.69) is 5.14 Å². The van der Waals surface area contributed by atoms with Gasteiger partial charge in [-0.1, -0.05) is 25.7 Å². The first-order valence-corrected chi connectivity index (χ1v) is 12.8. The lowest BCUT2D eigenvalue weighted by Crippen LogP contribution is -2.37. The van der Waals surface area contributed by atoms with Gasteiger partial charge in [0.15, 0.2) is 0 Å². The lowest BCUT2D eigenvalue weighted by Gasteiger charge is -2.32. The minimum atomic E-state index is -4.17.